The van der Waals surface area contributed by atoms with Crippen molar-refractivity contribution in [2.24, 2.45) is 0 Å². The molecule has 2 aromatic rings. The second-order valence-electron chi connectivity index (χ2n) is 9.25. The first-order valence-corrected chi connectivity index (χ1v) is 11.9. The lowest BCUT2D eigenvalue weighted by atomic mass is 9.94. The van der Waals surface area contributed by atoms with Gasteiger partial charge in [0.2, 0.25) is 5.91 Å². The summed E-state index contributed by atoms with van der Waals surface area (Å²) >= 11 is 0. The SMILES string of the molecule is CC(C)NC(=O)Nc1ccc2c(c1)C(=O)N(C)[C@H]1CC[C@@H](CC(=O)Nc3ccccc3)O[C@H]1CO2. The molecule has 0 spiro atoms. The topological polar surface area (TPSA) is 109 Å². The van der Waals surface area contributed by atoms with E-state index in [0.29, 0.717) is 29.8 Å². The lowest BCUT2D eigenvalue weighted by Gasteiger charge is -2.42. The van der Waals surface area contributed by atoms with E-state index in [4.69, 9.17) is 9.47 Å². The first-order chi connectivity index (χ1) is 16.8. The van der Waals surface area contributed by atoms with E-state index < -0.39 is 0 Å². The van der Waals surface area contributed by atoms with Crippen LogP contribution in [0.1, 0.15) is 43.5 Å². The first kappa shape index (κ1) is 24.5. The fraction of sp³-hybridized carbons (Fsp3) is 0.423. The molecule has 0 aromatic heterocycles. The zero-order chi connectivity index (χ0) is 24.9. The van der Waals surface area contributed by atoms with E-state index >= 15 is 0 Å². The van der Waals surface area contributed by atoms with Crippen LogP contribution in [0, 0.1) is 0 Å². The van der Waals surface area contributed by atoms with Gasteiger partial charge in [0.25, 0.3) is 5.91 Å². The van der Waals surface area contributed by atoms with Gasteiger partial charge in [-0.25, -0.2) is 4.79 Å². The van der Waals surface area contributed by atoms with Crippen LogP contribution >= 0.6 is 0 Å². The molecular weight excluding hydrogens is 448 g/mol. The van der Waals surface area contributed by atoms with Crippen LogP contribution in [0.15, 0.2) is 48.5 Å². The van der Waals surface area contributed by atoms with Gasteiger partial charge in [-0.3, -0.25) is 9.59 Å². The van der Waals surface area contributed by atoms with Gasteiger partial charge < -0.3 is 30.3 Å². The zero-order valence-electron chi connectivity index (χ0n) is 20.2. The molecule has 1 saturated heterocycles. The summed E-state index contributed by atoms with van der Waals surface area (Å²) in [6, 6.07) is 13.8. The number of amides is 4. The molecular formula is C26H32N4O5. The van der Waals surface area contributed by atoms with Crippen LogP contribution < -0.4 is 20.7 Å². The van der Waals surface area contributed by atoms with Crippen LogP contribution in [-0.4, -0.2) is 60.7 Å². The van der Waals surface area contributed by atoms with Crippen LogP contribution in [0.25, 0.3) is 0 Å². The molecule has 2 aliphatic rings. The quantitative estimate of drug-likeness (QED) is 0.606. The first-order valence-electron chi connectivity index (χ1n) is 11.9. The van der Waals surface area contributed by atoms with Crippen molar-refractivity contribution in [2.45, 2.75) is 57.4 Å². The Balaban J connectivity index is 1.42. The van der Waals surface area contributed by atoms with E-state index in [9.17, 15) is 14.4 Å². The number of likely N-dealkylation sites (N-methyl/N-ethyl adjacent to an activating group) is 1. The van der Waals surface area contributed by atoms with Gasteiger partial charge in [-0.15, -0.1) is 0 Å². The molecule has 2 aromatic carbocycles. The molecule has 3 N–H and O–H groups in total. The normalized spacial score (nSPS) is 21.7. The third-order valence-corrected chi connectivity index (χ3v) is 6.16. The molecule has 3 atom stereocenters. The van der Waals surface area contributed by atoms with Gasteiger partial charge in [0.1, 0.15) is 18.5 Å². The molecule has 186 valence electrons. The standard InChI is InChI=1S/C26H32N4O5/c1-16(2)27-26(33)29-18-9-12-22-20(13-18)25(32)30(3)21-11-10-19(35-23(21)15-34-22)14-24(31)28-17-7-5-4-6-8-17/h4-9,12-13,16,19,21,23H,10-11,14-15H2,1-3H3,(H,28,31)(H2,27,29,33)/t19-,21-,23-/m0/s1. The molecule has 0 saturated carbocycles. The third kappa shape index (κ3) is 6.10. The monoisotopic (exact) mass is 480 g/mol. The van der Waals surface area contributed by atoms with Gasteiger partial charge in [-0.1, -0.05) is 18.2 Å². The Hall–Kier alpha value is -3.59. The Morgan fingerprint density at radius 3 is 2.57 bits per heavy atom. The highest BCUT2D eigenvalue weighted by Crippen LogP contribution is 2.32. The predicted octanol–water partition coefficient (Wildman–Crippen LogP) is 3.63. The smallest absolute Gasteiger partial charge is 0.319 e. The number of nitrogens with one attached hydrogen (secondary N) is 3. The number of fused-ring (bicyclic) bond motifs is 2. The Labute approximate surface area is 205 Å². The van der Waals surface area contributed by atoms with E-state index in [0.717, 1.165) is 5.69 Å². The van der Waals surface area contributed by atoms with Crippen molar-refractivity contribution in [2.75, 3.05) is 24.3 Å². The Bertz CT molecular complexity index is 1070. The number of carbonyl (C=O) groups is 3. The molecule has 9 heteroatoms. The van der Waals surface area contributed by atoms with Gasteiger partial charge in [0, 0.05) is 24.5 Å². The van der Waals surface area contributed by atoms with Crippen molar-refractivity contribution in [1.82, 2.24) is 10.2 Å². The van der Waals surface area contributed by atoms with Crippen LogP contribution in [0.4, 0.5) is 16.2 Å². The number of para-hydroxylation sites is 1. The number of rotatable bonds is 5. The Morgan fingerprint density at radius 1 is 1.06 bits per heavy atom. The summed E-state index contributed by atoms with van der Waals surface area (Å²) in [6.07, 6.45) is 0.987. The summed E-state index contributed by atoms with van der Waals surface area (Å²) in [5.74, 6) is 0.122. The lowest BCUT2D eigenvalue weighted by Crippen LogP contribution is -2.53. The largest absolute Gasteiger partial charge is 0.490 e. The molecule has 2 aliphatic heterocycles. The average Bonchev–Trinajstić information content (AvgIpc) is 2.82. The number of nitrogens with zero attached hydrogens (tertiary/aromatic N) is 1. The Kier molecular flexibility index (Phi) is 7.55. The van der Waals surface area contributed by atoms with E-state index in [1.807, 2.05) is 44.2 Å². The number of carbonyl (C=O) groups excluding carboxylic acids is 3. The summed E-state index contributed by atoms with van der Waals surface area (Å²) in [4.78, 5) is 39.6. The highest BCUT2D eigenvalue weighted by molar-refractivity contribution is 5.99. The minimum atomic E-state index is -0.352. The van der Waals surface area contributed by atoms with Crippen molar-refractivity contribution in [1.29, 1.82) is 0 Å². The average molecular weight is 481 g/mol. The van der Waals surface area contributed by atoms with Crippen LogP contribution in [0.5, 0.6) is 5.75 Å². The van der Waals surface area contributed by atoms with Crippen LogP contribution in [0.2, 0.25) is 0 Å². The molecule has 9 nitrogen and oxygen atoms in total. The molecule has 1 fully saturated rings. The number of benzene rings is 2. The molecule has 0 aliphatic carbocycles. The van der Waals surface area contributed by atoms with Crippen molar-refractivity contribution in [3.8, 4) is 5.75 Å². The highest BCUT2D eigenvalue weighted by atomic mass is 16.5. The summed E-state index contributed by atoms with van der Waals surface area (Å²) in [5, 5.41) is 8.41. The number of ether oxygens (including phenoxy) is 2. The van der Waals surface area contributed by atoms with E-state index in [-0.39, 0.29) is 55.2 Å². The fourth-order valence-electron chi connectivity index (χ4n) is 4.47. The second kappa shape index (κ2) is 10.8. The summed E-state index contributed by atoms with van der Waals surface area (Å²) in [6.45, 7) is 4.00. The summed E-state index contributed by atoms with van der Waals surface area (Å²) in [7, 11) is 1.76. The number of hydrogen-bond acceptors (Lipinski definition) is 5. The third-order valence-electron chi connectivity index (χ3n) is 6.16. The lowest BCUT2D eigenvalue weighted by molar-refractivity contribution is -0.130. The van der Waals surface area contributed by atoms with E-state index in [2.05, 4.69) is 16.0 Å². The van der Waals surface area contributed by atoms with Gasteiger partial charge >= 0.3 is 6.03 Å². The van der Waals surface area contributed by atoms with Crippen molar-refractivity contribution in [3.63, 3.8) is 0 Å². The van der Waals surface area contributed by atoms with Gasteiger partial charge in [-0.05, 0) is 57.0 Å². The van der Waals surface area contributed by atoms with Crippen molar-refractivity contribution >= 4 is 29.2 Å². The summed E-state index contributed by atoms with van der Waals surface area (Å²) < 4.78 is 12.2. The van der Waals surface area contributed by atoms with Gasteiger partial charge in [0.15, 0.2) is 0 Å². The van der Waals surface area contributed by atoms with Crippen molar-refractivity contribution < 1.29 is 23.9 Å². The second-order valence-corrected chi connectivity index (χ2v) is 9.25. The van der Waals surface area contributed by atoms with Crippen LogP contribution in [-0.2, 0) is 9.53 Å². The van der Waals surface area contributed by atoms with Crippen LogP contribution in [0.3, 0.4) is 0 Å². The molecule has 2 heterocycles. The van der Waals surface area contributed by atoms with Gasteiger partial charge in [0.05, 0.1) is 24.1 Å². The molecule has 0 bridgehead atoms. The van der Waals surface area contributed by atoms with E-state index in [1.165, 1.54) is 0 Å². The highest BCUT2D eigenvalue weighted by Gasteiger charge is 2.39. The molecule has 4 amide bonds. The molecule has 4 rings (SSSR count). The number of urea groups is 1. The minimum absolute atomic E-state index is 0.00749. The molecule has 0 radical (unpaired) electrons. The minimum Gasteiger partial charge on any atom is -0.490 e. The molecule has 0 unspecified atom stereocenters. The predicted molar refractivity (Wildman–Crippen MR) is 133 cm³/mol. The fourth-order valence-corrected chi connectivity index (χ4v) is 4.47. The number of hydrogen-bond donors (Lipinski definition) is 3. The van der Waals surface area contributed by atoms with Crippen molar-refractivity contribution in [3.05, 3.63) is 54.1 Å². The van der Waals surface area contributed by atoms with E-state index in [1.54, 1.807) is 30.1 Å². The number of anilines is 2. The van der Waals surface area contributed by atoms with Gasteiger partial charge in [-0.2, -0.15) is 0 Å². The Morgan fingerprint density at radius 2 is 1.83 bits per heavy atom. The summed E-state index contributed by atoms with van der Waals surface area (Å²) in [5.41, 5.74) is 1.64. The maximum atomic E-state index is 13.3. The zero-order valence-corrected chi connectivity index (χ0v) is 20.2. The maximum absolute atomic E-state index is 13.3. The molecule has 35 heavy (non-hydrogen) atoms. The maximum Gasteiger partial charge on any atom is 0.319 e.